The molecule has 7 nitrogen and oxygen atoms in total. The van der Waals surface area contributed by atoms with Crippen molar-refractivity contribution in [3.05, 3.63) is 16.3 Å². The Morgan fingerprint density at radius 2 is 1.94 bits per heavy atom. The minimum Gasteiger partial charge on any atom is -0.477 e. The number of rotatable bonds is 5. The molecule has 0 aliphatic rings. The summed E-state index contributed by atoms with van der Waals surface area (Å²) in [5.41, 5.74) is 0. The highest BCUT2D eigenvalue weighted by Gasteiger charge is 2.29. The monoisotopic (exact) mass is 285 g/mol. The third-order valence-electron chi connectivity index (χ3n) is 1.94. The normalized spacial score (nSPS) is 10.8. The van der Waals surface area contributed by atoms with Gasteiger partial charge in [-0.3, -0.25) is 0 Å². The smallest absolute Gasteiger partial charge is 0.347 e. The summed E-state index contributed by atoms with van der Waals surface area (Å²) in [5.74, 6) is -1.36. The zero-order valence-electron chi connectivity index (χ0n) is 8.90. The maximum absolute atomic E-state index is 12.1. The highest BCUT2D eigenvalue weighted by Crippen LogP contribution is 2.24. The molecule has 1 aromatic rings. The van der Waals surface area contributed by atoms with Gasteiger partial charge in [-0.2, -0.15) is 14.8 Å². The van der Waals surface area contributed by atoms with Gasteiger partial charge in [-0.05, 0) is 11.4 Å². The number of nitriles is 2. The first-order valence-electron chi connectivity index (χ1n) is 4.50. The maximum Gasteiger partial charge on any atom is 0.347 e. The molecule has 0 radical (unpaired) electrons. The Labute approximate surface area is 107 Å². The summed E-state index contributed by atoms with van der Waals surface area (Å²) >= 11 is 0.767. The van der Waals surface area contributed by atoms with Crippen LogP contribution in [0.15, 0.2) is 16.3 Å². The highest BCUT2D eigenvalue weighted by molar-refractivity contribution is 7.89. The lowest BCUT2D eigenvalue weighted by molar-refractivity contribution is 0.0698. The molecule has 94 valence electrons. The van der Waals surface area contributed by atoms with Crippen molar-refractivity contribution in [2.45, 2.75) is 4.90 Å². The standard InChI is InChI=1S/C9H7N3O4S2/c10-2-4-12(5-3-11)18(15,16)7-1-6-17-8(7)9(13)14/h1,6H,4-5H2,(H,13,14). The molecule has 0 aromatic carbocycles. The van der Waals surface area contributed by atoms with Crippen molar-refractivity contribution in [1.82, 2.24) is 4.31 Å². The summed E-state index contributed by atoms with van der Waals surface area (Å²) in [6, 6.07) is 4.39. The lowest BCUT2D eigenvalue weighted by Crippen LogP contribution is -2.32. The molecule has 1 heterocycles. The lowest BCUT2D eigenvalue weighted by atomic mass is 10.5. The molecular formula is C9H7N3O4S2. The predicted octanol–water partition coefficient (Wildman–Crippen LogP) is 0.484. The van der Waals surface area contributed by atoms with Gasteiger partial charge in [-0.25, -0.2) is 13.2 Å². The molecule has 1 N–H and O–H groups in total. The first kappa shape index (κ1) is 14.1. The van der Waals surface area contributed by atoms with Gasteiger partial charge in [0.05, 0.1) is 12.1 Å². The Bertz CT molecular complexity index is 620. The van der Waals surface area contributed by atoms with Crippen LogP contribution in [0.1, 0.15) is 9.67 Å². The minimum absolute atomic E-state index is 0.337. The zero-order chi connectivity index (χ0) is 13.8. The quantitative estimate of drug-likeness (QED) is 0.785. The van der Waals surface area contributed by atoms with E-state index in [4.69, 9.17) is 15.6 Å². The molecule has 1 rings (SSSR count). The van der Waals surface area contributed by atoms with Crippen LogP contribution in [0.25, 0.3) is 0 Å². The Balaban J connectivity index is 3.28. The molecule has 1 aromatic heterocycles. The van der Waals surface area contributed by atoms with E-state index in [2.05, 4.69) is 0 Å². The van der Waals surface area contributed by atoms with Gasteiger partial charge < -0.3 is 5.11 Å². The summed E-state index contributed by atoms with van der Waals surface area (Å²) in [4.78, 5) is 10.1. The van der Waals surface area contributed by atoms with Crippen LogP contribution in [-0.2, 0) is 10.0 Å². The maximum atomic E-state index is 12.1. The van der Waals surface area contributed by atoms with Crippen LogP contribution in [0.5, 0.6) is 0 Å². The molecule has 0 atom stereocenters. The number of aromatic carboxylic acids is 1. The molecule has 0 amide bonds. The Hall–Kier alpha value is -1.94. The largest absolute Gasteiger partial charge is 0.477 e. The number of carboxylic acids is 1. The fraction of sp³-hybridized carbons (Fsp3) is 0.222. The van der Waals surface area contributed by atoms with Crippen LogP contribution >= 0.6 is 11.3 Å². The highest BCUT2D eigenvalue weighted by atomic mass is 32.2. The van der Waals surface area contributed by atoms with Gasteiger partial charge in [0.2, 0.25) is 10.0 Å². The van der Waals surface area contributed by atoms with Gasteiger partial charge in [-0.15, -0.1) is 11.3 Å². The van der Waals surface area contributed by atoms with E-state index < -0.39 is 34.0 Å². The molecule has 0 bridgehead atoms. The number of thiophene rings is 1. The molecule has 0 saturated heterocycles. The fourth-order valence-electron chi connectivity index (χ4n) is 1.18. The summed E-state index contributed by atoms with van der Waals surface area (Å²) in [6.07, 6.45) is 0. The molecule has 0 aliphatic heterocycles. The van der Waals surface area contributed by atoms with Crippen molar-refractivity contribution < 1.29 is 18.3 Å². The van der Waals surface area contributed by atoms with Crippen molar-refractivity contribution >= 4 is 27.3 Å². The molecule has 0 aliphatic carbocycles. The molecule has 18 heavy (non-hydrogen) atoms. The van der Waals surface area contributed by atoms with Crippen molar-refractivity contribution in [3.8, 4) is 12.1 Å². The van der Waals surface area contributed by atoms with Crippen LogP contribution in [-0.4, -0.2) is 36.9 Å². The van der Waals surface area contributed by atoms with E-state index in [1.165, 1.54) is 5.38 Å². The summed E-state index contributed by atoms with van der Waals surface area (Å²) in [7, 11) is -4.14. The average Bonchev–Trinajstić information content (AvgIpc) is 2.78. The second-order valence-corrected chi connectivity index (χ2v) is 5.83. The molecular weight excluding hydrogens is 278 g/mol. The van der Waals surface area contributed by atoms with Crippen LogP contribution < -0.4 is 0 Å². The third kappa shape index (κ3) is 2.65. The zero-order valence-corrected chi connectivity index (χ0v) is 10.5. The number of carboxylic acid groups (broad SMARTS) is 1. The van der Waals surface area contributed by atoms with Crippen molar-refractivity contribution in [2.24, 2.45) is 0 Å². The fourth-order valence-corrected chi connectivity index (χ4v) is 3.65. The third-order valence-corrected chi connectivity index (χ3v) is 4.80. The number of nitrogens with zero attached hydrogens (tertiary/aromatic N) is 3. The minimum atomic E-state index is -4.14. The second kappa shape index (κ2) is 5.60. The molecule has 0 unspecified atom stereocenters. The van der Waals surface area contributed by atoms with Gasteiger partial charge in [0.1, 0.15) is 22.9 Å². The van der Waals surface area contributed by atoms with Gasteiger partial charge in [0, 0.05) is 0 Å². The summed E-state index contributed by atoms with van der Waals surface area (Å²) in [5, 5.41) is 27.2. The summed E-state index contributed by atoms with van der Waals surface area (Å²) in [6.45, 7) is -1.02. The number of hydrogen-bond donors (Lipinski definition) is 1. The van der Waals surface area contributed by atoms with Gasteiger partial charge in [0.15, 0.2) is 0 Å². The van der Waals surface area contributed by atoms with Crippen LogP contribution in [0, 0.1) is 22.7 Å². The molecule has 0 fully saturated rings. The van der Waals surface area contributed by atoms with Gasteiger partial charge in [-0.1, -0.05) is 0 Å². The van der Waals surface area contributed by atoms with E-state index >= 15 is 0 Å². The van der Waals surface area contributed by atoms with Crippen molar-refractivity contribution in [2.75, 3.05) is 13.1 Å². The van der Waals surface area contributed by atoms with E-state index in [-0.39, 0.29) is 4.88 Å². The predicted molar refractivity (Wildman–Crippen MR) is 61.3 cm³/mol. The first-order valence-corrected chi connectivity index (χ1v) is 6.82. The lowest BCUT2D eigenvalue weighted by Gasteiger charge is -2.15. The average molecular weight is 285 g/mol. The Morgan fingerprint density at radius 3 is 2.39 bits per heavy atom. The van der Waals surface area contributed by atoms with Crippen molar-refractivity contribution in [1.29, 1.82) is 10.5 Å². The van der Waals surface area contributed by atoms with Gasteiger partial charge in [0.25, 0.3) is 0 Å². The van der Waals surface area contributed by atoms with E-state index in [0.29, 0.717) is 4.31 Å². The number of hydrogen-bond acceptors (Lipinski definition) is 6. The van der Waals surface area contributed by atoms with E-state index in [1.54, 1.807) is 12.1 Å². The SMILES string of the molecule is N#CCN(CC#N)S(=O)(=O)c1ccsc1C(=O)O. The number of sulfonamides is 1. The number of carbonyl (C=O) groups is 1. The van der Waals surface area contributed by atoms with E-state index in [9.17, 15) is 13.2 Å². The first-order chi connectivity index (χ1) is 8.45. The topological polar surface area (TPSA) is 122 Å². The molecule has 0 spiro atoms. The van der Waals surface area contributed by atoms with Crippen molar-refractivity contribution in [3.63, 3.8) is 0 Å². The summed E-state index contributed by atoms with van der Waals surface area (Å²) < 4.78 is 24.8. The second-order valence-electron chi connectivity index (χ2n) is 3.01. The van der Waals surface area contributed by atoms with Crippen LogP contribution in [0.4, 0.5) is 0 Å². The Morgan fingerprint density at radius 1 is 1.39 bits per heavy atom. The van der Waals surface area contributed by atoms with Crippen LogP contribution in [0.3, 0.4) is 0 Å². The van der Waals surface area contributed by atoms with E-state index in [0.717, 1.165) is 17.4 Å². The molecule has 9 heteroatoms. The van der Waals surface area contributed by atoms with E-state index in [1.807, 2.05) is 0 Å². The van der Waals surface area contributed by atoms with Crippen LogP contribution in [0.2, 0.25) is 0 Å². The Kier molecular flexibility index (Phi) is 4.39. The van der Waals surface area contributed by atoms with Gasteiger partial charge >= 0.3 is 5.97 Å². The molecule has 0 saturated carbocycles.